The van der Waals surface area contributed by atoms with Crippen molar-refractivity contribution in [2.45, 2.75) is 40.3 Å². The van der Waals surface area contributed by atoms with Gasteiger partial charge in [0.1, 0.15) is 0 Å². The van der Waals surface area contributed by atoms with Crippen LogP contribution in [-0.4, -0.2) is 11.1 Å². The summed E-state index contributed by atoms with van der Waals surface area (Å²) in [4.78, 5) is 0. The second-order valence-corrected chi connectivity index (χ2v) is 5.37. The summed E-state index contributed by atoms with van der Waals surface area (Å²) in [7, 11) is 0. The Morgan fingerprint density at radius 2 is 2.27 bits per heavy atom. The first kappa shape index (κ1) is 10.7. The molecule has 0 radical (unpaired) electrons. The Morgan fingerprint density at radius 1 is 1.53 bits per heavy atom. The average Bonchev–Trinajstić information content (AvgIpc) is 2.65. The first-order chi connectivity index (χ1) is 7.12. The molecule has 0 aliphatic heterocycles. The highest BCUT2D eigenvalue weighted by atomic mass is 14.9. The van der Waals surface area contributed by atoms with Gasteiger partial charge in [0.2, 0.25) is 0 Å². The lowest BCUT2D eigenvalue weighted by atomic mass is 10.1. The zero-order valence-corrected chi connectivity index (χ0v) is 10.1. The van der Waals surface area contributed by atoms with Crippen molar-refractivity contribution in [2.75, 3.05) is 6.54 Å². The summed E-state index contributed by atoms with van der Waals surface area (Å²) >= 11 is 0. The molecule has 0 aromatic carbocycles. The van der Waals surface area contributed by atoms with Gasteiger partial charge in [-0.1, -0.05) is 13.8 Å². The van der Waals surface area contributed by atoms with Crippen molar-refractivity contribution < 1.29 is 0 Å². The lowest BCUT2D eigenvalue weighted by molar-refractivity contribution is 0.519. The van der Waals surface area contributed by atoms with Gasteiger partial charge < -0.3 is 9.88 Å². The summed E-state index contributed by atoms with van der Waals surface area (Å²) in [5, 5.41) is 3.54. The number of rotatable bonds is 5. The van der Waals surface area contributed by atoms with Crippen LogP contribution in [0.1, 0.15) is 32.8 Å². The van der Waals surface area contributed by atoms with E-state index in [0.29, 0.717) is 5.41 Å². The standard InChI is InChI=1S/C13H22N2/c1-4-15-6-5-11(10-15)8-14-9-12-7-13(12,2)3/h5-6,10,12,14H,4,7-9H2,1-3H3. The molecule has 1 N–H and O–H groups in total. The quantitative estimate of drug-likeness (QED) is 0.783. The van der Waals surface area contributed by atoms with Crippen LogP contribution >= 0.6 is 0 Å². The topological polar surface area (TPSA) is 17.0 Å². The van der Waals surface area contributed by atoms with Crippen molar-refractivity contribution in [1.82, 2.24) is 9.88 Å². The molecule has 84 valence electrons. The smallest absolute Gasteiger partial charge is 0.0220 e. The Kier molecular flexibility index (Phi) is 2.87. The van der Waals surface area contributed by atoms with Crippen LogP contribution in [0.25, 0.3) is 0 Å². The highest BCUT2D eigenvalue weighted by molar-refractivity contribution is 5.10. The van der Waals surface area contributed by atoms with Gasteiger partial charge in [-0.15, -0.1) is 0 Å². The zero-order valence-electron chi connectivity index (χ0n) is 10.1. The SMILES string of the molecule is CCn1ccc(CNCC2CC2(C)C)c1. The molecule has 1 aromatic rings. The molecule has 0 spiro atoms. The molecule has 1 saturated carbocycles. The molecule has 2 rings (SSSR count). The van der Waals surface area contributed by atoms with Gasteiger partial charge in [-0.3, -0.25) is 0 Å². The second kappa shape index (κ2) is 4.01. The van der Waals surface area contributed by atoms with Gasteiger partial charge in [0.15, 0.2) is 0 Å². The first-order valence-electron chi connectivity index (χ1n) is 5.97. The lowest BCUT2D eigenvalue weighted by Gasteiger charge is -2.04. The van der Waals surface area contributed by atoms with E-state index in [4.69, 9.17) is 0 Å². The number of aryl methyl sites for hydroxylation is 1. The highest BCUT2D eigenvalue weighted by Crippen LogP contribution is 2.50. The minimum Gasteiger partial charge on any atom is -0.354 e. The van der Waals surface area contributed by atoms with E-state index in [1.54, 1.807) is 0 Å². The number of hydrogen-bond donors (Lipinski definition) is 1. The Hall–Kier alpha value is -0.760. The van der Waals surface area contributed by atoms with E-state index in [-0.39, 0.29) is 0 Å². The van der Waals surface area contributed by atoms with Crippen LogP contribution in [0.5, 0.6) is 0 Å². The van der Waals surface area contributed by atoms with Gasteiger partial charge in [-0.2, -0.15) is 0 Å². The van der Waals surface area contributed by atoms with E-state index in [1.165, 1.54) is 18.5 Å². The van der Waals surface area contributed by atoms with Gasteiger partial charge in [0.25, 0.3) is 0 Å². The summed E-state index contributed by atoms with van der Waals surface area (Å²) in [5.41, 5.74) is 2.00. The fourth-order valence-electron chi connectivity index (χ4n) is 2.11. The summed E-state index contributed by atoms with van der Waals surface area (Å²) in [6.07, 6.45) is 5.76. The molecule has 1 aliphatic rings. The Morgan fingerprint density at radius 3 is 2.80 bits per heavy atom. The Bertz CT molecular complexity index is 325. The van der Waals surface area contributed by atoms with Crippen molar-refractivity contribution in [3.63, 3.8) is 0 Å². The van der Waals surface area contributed by atoms with Crippen molar-refractivity contribution in [2.24, 2.45) is 11.3 Å². The molecule has 1 atom stereocenters. The maximum atomic E-state index is 3.54. The van der Waals surface area contributed by atoms with E-state index in [1.807, 2.05) is 0 Å². The number of nitrogens with one attached hydrogen (secondary N) is 1. The van der Waals surface area contributed by atoms with E-state index in [9.17, 15) is 0 Å². The van der Waals surface area contributed by atoms with Crippen molar-refractivity contribution in [1.29, 1.82) is 0 Å². The van der Waals surface area contributed by atoms with Crippen LogP contribution in [0.4, 0.5) is 0 Å². The Labute approximate surface area is 92.7 Å². The average molecular weight is 206 g/mol. The lowest BCUT2D eigenvalue weighted by Crippen LogP contribution is -2.17. The van der Waals surface area contributed by atoms with Crippen LogP contribution in [0, 0.1) is 11.3 Å². The normalized spacial score (nSPS) is 23.0. The van der Waals surface area contributed by atoms with Gasteiger partial charge in [-0.25, -0.2) is 0 Å². The predicted molar refractivity (Wildman–Crippen MR) is 63.7 cm³/mol. The maximum Gasteiger partial charge on any atom is 0.0220 e. The minimum atomic E-state index is 0.600. The molecule has 1 unspecified atom stereocenters. The summed E-state index contributed by atoms with van der Waals surface area (Å²) in [5.74, 6) is 0.894. The molecule has 1 aliphatic carbocycles. The van der Waals surface area contributed by atoms with Crippen molar-refractivity contribution >= 4 is 0 Å². The zero-order chi connectivity index (χ0) is 10.9. The number of nitrogens with zero attached hydrogens (tertiary/aromatic N) is 1. The van der Waals surface area contributed by atoms with Gasteiger partial charge >= 0.3 is 0 Å². The summed E-state index contributed by atoms with van der Waals surface area (Å²) in [6.45, 7) is 10.1. The van der Waals surface area contributed by atoms with Crippen molar-refractivity contribution in [3.8, 4) is 0 Å². The monoisotopic (exact) mass is 206 g/mol. The fraction of sp³-hybridized carbons (Fsp3) is 0.692. The first-order valence-corrected chi connectivity index (χ1v) is 5.97. The predicted octanol–water partition coefficient (Wildman–Crippen LogP) is 2.64. The summed E-state index contributed by atoms with van der Waals surface area (Å²) < 4.78 is 2.22. The molecule has 0 bridgehead atoms. The molecule has 0 saturated heterocycles. The molecule has 1 aromatic heterocycles. The molecular weight excluding hydrogens is 184 g/mol. The molecule has 2 heteroatoms. The second-order valence-electron chi connectivity index (χ2n) is 5.37. The third-order valence-corrected chi connectivity index (χ3v) is 3.61. The highest BCUT2D eigenvalue weighted by Gasteiger charge is 2.44. The van der Waals surface area contributed by atoms with Crippen LogP contribution < -0.4 is 5.32 Å². The molecule has 2 nitrogen and oxygen atoms in total. The van der Waals surface area contributed by atoms with Gasteiger partial charge in [0, 0.05) is 25.5 Å². The Balaban J connectivity index is 1.70. The van der Waals surface area contributed by atoms with Crippen LogP contribution in [0.3, 0.4) is 0 Å². The third kappa shape index (κ3) is 2.63. The fourth-order valence-corrected chi connectivity index (χ4v) is 2.11. The van der Waals surface area contributed by atoms with Crippen LogP contribution in [0.2, 0.25) is 0 Å². The van der Waals surface area contributed by atoms with E-state index < -0.39 is 0 Å². The molecule has 15 heavy (non-hydrogen) atoms. The van der Waals surface area contributed by atoms with E-state index >= 15 is 0 Å². The largest absolute Gasteiger partial charge is 0.354 e. The number of aromatic nitrogens is 1. The molecule has 0 amide bonds. The minimum absolute atomic E-state index is 0.600. The summed E-state index contributed by atoms with van der Waals surface area (Å²) in [6, 6.07) is 2.20. The number of hydrogen-bond acceptors (Lipinski definition) is 1. The molecular formula is C13H22N2. The molecule has 1 heterocycles. The van der Waals surface area contributed by atoms with Gasteiger partial charge in [-0.05, 0) is 42.9 Å². The third-order valence-electron chi connectivity index (χ3n) is 3.61. The van der Waals surface area contributed by atoms with Crippen LogP contribution in [-0.2, 0) is 13.1 Å². The molecule has 1 fully saturated rings. The maximum absolute atomic E-state index is 3.54. The van der Waals surface area contributed by atoms with Crippen LogP contribution in [0.15, 0.2) is 18.5 Å². The van der Waals surface area contributed by atoms with E-state index in [0.717, 1.165) is 19.0 Å². The van der Waals surface area contributed by atoms with E-state index in [2.05, 4.69) is 49.1 Å². The van der Waals surface area contributed by atoms with Gasteiger partial charge in [0.05, 0.1) is 0 Å². The van der Waals surface area contributed by atoms with Crippen molar-refractivity contribution in [3.05, 3.63) is 24.0 Å².